The molecule has 0 aliphatic heterocycles. The fourth-order valence-electron chi connectivity index (χ4n) is 2.84. The summed E-state index contributed by atoms with van der Waals surface area (Å²) in [6.07, 6.45) is 3.61. The van der Waals surface area contributed by atoms with Gasteiger partial charge in [0.25, 0.3) is 0 Å². The summed E-state index contributed by atoms with van der Waals surface area (Å²) in [5.41, 5.74) is 3.88. The van der Waals surface area contributed by atoms with E-state index >= 15 is 0 Å². The first kappa shape index (κ1) is 13.0. The number of hydrogen-bond acceptors (Lipinski definition) is 3. The monoisotopic (exact) mass is 288 g/mol. The summed E-state index contributed by atoms with van der Waals surface area (Å²) in [7, 11) is 0. The predicted octanol–water partition coefficient (Wildman–Crippen LogP) is 4.23. The van der Waals surface area contributed by atoms with Crippen LogP contribution in [-0.4, -0.2) is 19.5 Å². The highest BCUT2D eigenvalue weighted by Gasteiger charge is 2.16. The summed E-state index contributed by atoms with van der Waals surface area (Å²) in [6.45, 7) is 4.32. The van der Waals surface area contributed by atoms with Crippen LogP contribution in [0.5, 0.6) is 0 Å². The first-order chi connectivity index (χ1) is 10.7. The molecule has 4 heteroatoms. The largest absolute Gasteiger partial charge is 0.320 e. The third-order valence-corrected chi connectivity index (χ3v) is 3.84. The van der Waals surface area contributed by atoms with Crippen molar-refractivity contribution in [3.63, 3.8) is 0 Å². The van der Waals surface area contributed by atoms with E-state index < -0.39 is 0 Å². The first-order valence-corrected chi connectivity index (χ1v) is 7.42. The summed E-state index contributed by atoms with van der Waals surface area (Å²) in [5.74, 6) is 0.892. The van der Waals surface area contributed by atoms with Gasteiger partial charge in [0.15, 0.2) is 5.82 Å². The van der Waals surface area contributed by atoms with Crippen LogP contribution in [0.4, 0.5) is 0 Å². The van der Waals surface area contributed by atoms with E-state index in [0.29, 0.717) is 6.04 Å². The topological polar surface area (TPSA) is 43.6 Å². The van der Waals surface area contributed by atoms with Gasteiger partial charge in [-0.1, -0.05) is 24.3 Å². The molecule has 0 saturated heterocycles. The molecule has 0 aliphatic rings. The van der Waals surface area contributed by atoms with E-state index in [9.17, 15) is 0 Å². The molecule has 0 unspecified atom stereocenters. The zero-order chi connectivity index (χ0) is 15.1. The molecule has 1 aromatic carbocycles. The summed E-state index contributed by atoms with van der Waals surface area (Å²) in [5, 5.41) is 1.14. The minimum Gasteiger partial charge on any atom is -0.320 e. The zero-order valence-electron chi connectivity index (χ0n) is 12.6. The van der Waals surface area contributed by atoms with Gasteiger partial charge in [0.05, 0.1) is 17.2 Å². The second-order valence-electron chi connectivity index (χ2n) is 5.65. The van der Waals surface area contributed by atoms with Crippen LogP contribution in [0.15, 0.2) is 54.9 Å². The van der Waals surface area contributed by atoms with Gasteiger partial charge >= 0.3 is 0 Å². The van der Waals surface area contributed by atoms with Gasteiger partial charge in [-0.2, -0.15) is 0 Å². The number of rotatable bonds is 2. The smallest absolute Gasteiger partial charge is 0.160 e. The molecule has 108 valence electrons. The van der Waals surface area contributed by atoms with E-state index in [1.807, 2.05) is 30.3 Å². The number of aromatic nitrogens is 4. The van der Waals surface area contributed by atoms with Crippen LogP contribution in [0, 0.1) is 0 Å². The minimum atomic E-state index is 0.302. The average molecular weight is 288 g/mol. The lowest BCUT2D eigenvalue weighted by molar-refractivity contribution is 0.623. The third kappa shape index (κ3) is 1.96. The van der Waals surface area contributed by atoms with Crippen molar-refractivity contribution in [2.75, 3.05) is 0 Å². The van der Waals surface area contributed by atoms with Crippen molar-refractivity contribution in [1.82, 2.24) is 19.5 Å². The van der Waals surface area contributed by atoms with Gasteiger partial charge in [-0.15, -0.1) is 0 Å². The molecule has 0 bridgehead atoms. The van der Waals surface area contributed by atoms with E-state index in [0.717, 1.165) is 33.5 Å². The maximum absolute atomic E-state index is 4.78. The Balaban J connectivity index is 2.00. The molecule has 0 radical (unpaired) electrons. The Bertz CT molecular complexity index is 969. The van der Waals surface area contributed by atoms with E-state index in [1.54, 1.807) is 12.4 Å². The molecule has 3 aromatic heterocycles. The van der Waals surface area contributed by atoms with Crippen molar-refractivity contribution >= 4 is 21.9 Å². The molecule has 4 rings (SSSR count). The lowest BCUT2D eigenvalue weighted by Crippen LogP contribution is -2.04. The number of nitrogens with zero attached hydrogens (tertiary/aromatic N) is 4. The van der Waals surface area contributed by atoms with E-state index in [2.05, 4.69) is 35.5 Å². The molecule has 0 aliphatic carbocycles. The quantitative estimate of drug-likeness (QED) is 0.554. The van der Waals surface area contributed by atoms with Crippen LogP contribution >= 0.6 is 0 Å². The Morgan fingerprint density at radius 1 is 0.909 bits per heavy atom. The van der Waals surface area contributed by atoms with Crippen molar-refractivity contribution in [1.29, 1.82) is 0 Å². The molecular weight excluding hydrogens is 272 g/mol. The van der Waals surface area contributed by atoms with Gasteiger partial charge in [0.1, 0.15) is 11.2 Å². The average Bonchev–Trinajstić information content (AvgIpc) is 2.94. The number of imidazole rings is 1. The minimum absolute atomic E-state index is 0.302. The van der Waals surface area contributed by atoms with Crippen LogP contribution in [-0.2, 0) is 0 Å². The molecule has 0 amide bonds. The molecular formula is C18H16N4. The van der Waals surface area contributed by atoms with Crippen LogP contribution < -0.4 is 0 Å². The van der Waals surface area contributed by atoms with Gasteiger partial charge in [0, 0.05) is 17.6 Å². The van der Waals surface area contributed by atoms with Gasteiger partial charge in [0.2, 0.25) is 0 Å². The van der Waals surface area contributed by atoms with Gasteiger partial charge in [-0.25, -0.2) is 9.97 Å². The van der Waals surface area contributed by atoms with Gasteiger partial charge in [-0.05, 0) is 32.0 Å². The molecule has 0 spiro atoms. The second-order valence-corrected chi connectivity index (χ2v) is 5.65. The molecule has 0 atom stereocenters. The highest BCUT2D eigenvalue weighted by atomic mass is 15.1. The van der Waals surface area contributed by atoms with Crippen molar-refractivity contribution in [2.24, 2.45) is 0 Å². The van der Waals surface area contributed by atoms with Crippen LogP contribution in [0.1, 0.15) is 19.9 Å². The molecule has 0 saturated carbocycles. The SMILES string of the molecule is CC(C)n1c(-c2ccc3ccccc3n2)nc2cnccc21. The molecule has 4 nitrogen and oxygen atoms in total. The lowest BCUT2D eigenvalue weighted by atomic mass is 10.2. The van der Waals surface area contributed by atoms with Gasteiger partial charge in [-0.3, -0.25) is 4.98 Å². The Kier molecular flexibility index (Phi) is 2.89. The van der Waals surface area contributed by atoms with Crippen molar-refractivity contribution in [3.8, 4) is 11.5 Å². The zero-order valence-corrected chi connectivity index (χ0v) is 12.6. The Morgan fingerprint density at radius 2 is 1.77 bits per heavy atom. The summed E-state index contributed by atoms with van der Waals surface area (Å²) in [6, 6.07) is 14.6. The molecule has 3 heterocycles. The molecule has 22 heavy (non-hydrogen) atoms. The van der Waals surface area contributed by atoms with Crippen molar-refractivity contribution < 1.29 is 0 Å². The number of hydrogen-bond donors (Lipinski definition) is 0. The van der Waals surface area contributed by atoms with Crippen LogP contribution in [0.25, 0.3) is 33.5 Å². The molecule has 0 fully saturated rings. The Labute approximate surface area is 128 Å². The lowest BCUT2D eigenvalue weighted by Gasteiger charge is -2.12. The third-order valence-electron chi connectivity index (χ3n) is 3.84. The maximum Gasteiger partial charge on any atom is 0.160 e. The Hall–Kier alpha value is -2.75. The van der Waals surface area contributed by atoms with Gasteiger partial charge < -0.3 is 4.57 Å². The Morgan fingerprint density at radius 3 is 2.64 bits per heavy atom. The standard InChI is InChI=1S/C18H16N4/c1-12(2)22-17-9-10-19-11-16(17)21-18(22)15-8-7-13-5-3-4-6-14(13)20-15/h3-12H,1-2H3. The normalized spacial score (nSPS) is 11.6. The highest BCUT2D eigenvalue weighted by molar-refractivity contribution is 5.83. The van der Waals surface area contributed by atoms with E-state index in [4.69, 9.17) is 9.97 Å². The van der Waals surface area contributed by atoms with Crippen LogP contribution in [0.2, 0.25) is 0 Å². The first-order valence-electron chi connectivity index (χ1n) is 7.42. The summed E-state index contributed by atoms with van der Waals surface area (Å²) >= 11 is 0. The fraction of sp³-hybridized carbons (Fsp3) is 0.167. The van der Waals surface area contributed by atoms with E-state index in [-0.39, 0.29) is 0 Å². The number of fused-ring (bicyclic) bond motifs is 2. The molecule has 0 N–H and O–H groups in total. The van der Waals surface area contributed by atoms with Crippen LogP contribution in [0.3, 0.4) is 0 Å². The van der Waals surface area contributed by atoms with Crippen molar-refractivity contribution in [3.05, 3.63) is 54.9 Å². The number of benzene rings is 1. The van der Waals surface area contributed by atoms with E-state index in [1.165, 1.54) is 0 Å². The predicted molar refractivity (Wildman–Crippen MR) is 88.7 cm³/mol. The fourth-order valence-corrected chi connectivity index (χ4v) is 2.84. The second kappa shape index (κ2) is 4.91. The maximum atomic E-state index is 4.78. The summed E-state index contributed by atoms with van der Waals surface area (Å²) in [4.78, 5) is 13.7. The summed E-state index contributed by atoms with van der Waals surface area (Å²) < 4.78 is 2.22. The number of pyridine rings is 2. The van der Waals surface area contributed by atoms with Crippen molar-refractivity contribution in [2.45, 2.75) is 19.9 Å². The number of para-hydroxylation sites is 1. The molecule has 4 aromatic rings. The highest BCUT2D eigenvalue weighted by Crippen LogP contribution is 2.27.